The summed E-state index contributed by atoms with van der Waals surface area (Å²) in [6.45, 7) is 2.66. The lowest BCUT2D eigenvalue weighted by molar-refractivity contribution is 0.0697. The van der Waals surface area contributed by atoms with Gasteiger partial charge in [-0.15, -0.1) is 0 Å². The Morgan fingerprint density at radius 1 is 1.19 bits per heavy atom. The summed E-state index contributed by atoms with van der Waals surface area (Å²) in [4.78, 5) is 13.2. The number of nitrogen functional groups attached to an aromatic ring is 1. The third-order valence-electron chi connectivity index (χ3n) is 4.00. The molecule has 0 spiro atoms. The summed E-state index contributed by atoms with van der Waals surface area (Å²) in [5.41, 5.74) is 10.9. The number of carboxylic acids is 1. The molecule has 0 bridgehead atoms. The quantitative estimate of drug-likeness (QED) is 0.849. The summed E-state index contributed by atoms with van der Waals surface area (Å²) >= 11 is 0. The van der Waals surface area contributed by atoms with Crippen molar-refractivity contribution < 1.29 is 9.90 Å². The van der Waals surface area contributed by atoms with Crippen LogP contribution in [0, 0.1) is 0 Å². The number of carboxylic acid groups (broad SMARTS) is 1. The van der Waals surface area contributed by atoms with Gasteiger partial charge in [-0.2, -0.15) is 0 Å². The number of hydrogen-bond donors (Lipinski definition) is 2. The normalized spacial score (nSPS) is 14.7. The van der Waals surface area contributed by atoms with E-state index in [0.29, 0.717) is 5.56 Å². The summed E-state index contributed by atoms with van der Waals surface area (Å²) < 4.78 is 0. The lowest BCUT2D eigenvalue weighted by Gasteiger charge is -2.29. The molecule has 21 heavy (non-hydrogen) atoms. The van der Waals surface area contributed by atoms with Crippen molar-refractivity contribution in [2.75, 3.05) is 12.3 Å². The lowest BCUT2D eigenvalue weighted by Crippen LogP contribution is -2.30. The predicted molar refractivity (Wildman–Crippen MR) is 82.1 cm³/mol. The Morgan fingerprint density at radius 3 is 2.67 bits per heavy atom. The molecule has 3 rings (SSSR count). The molecule has 1 aliphatic heterocycles. The van der Waals surface area contributed by atoms with Crippen LogP contribution in [0.1, 0.15) is 27.0 Å². The summed E-state index contributed by atoms with van der Waals surface area (Å²) in [5.74, 6) is -0.888. The number of hydrogen-bond acceptors (Lipinski definition) is 3. The molecule has 0 amide bonds. The lowest BCUT2D eigenvalue weighted by atomic mass is 9.97. The molecule has 2 aromatic rings. The highest BCUT2D eigenvalue weighted by Crippen LogP contribution is 2.25. The van der Waals surface area contributed by atoms with Crippen molar-refractivity contribution in [3.8, 4) is 0 Å². The molecule has 0 saturated heterocycles. The third kappa shape index (κ3) is 2.90. The molecule has 4 heteroatoms. The highest BCUT2D eigenvalue weighted by atomic mass is 16.4. The number of nitrogens with two attached hydrogens (primary N) is 1. The maximum atomic E-state index is 10.9. The zero-order valence-electron chi connectivity index (χ0n) is 11.7. The van der Waals surface area contributed by atoms with Crippen LogP contribution in [0.4, 0.5) is 5.69 Å². The molecule has 0 unspecified atom stereocenters. The van der Waals surface area contributed by atoms with Gasteiger partial charge in [0, 0.05) is 25.3 Å². The molecule has 108 valence electrons. The molecule has 1 aliphatic rings. The number of rotatable bonds is 3. The predicted octanol–water partition coefficient (Wildman–Crippen LogP) is 2.53. The number of fused-ring (bicyclic) bond motifs is 1. The standard InChI is InChI=1S/C17H18N2O2/c18-16-3-1-2-13-8-9-19(11-15(13)16)10-12-4-6-14(7-5-12)17(20)21/h1-7H,8-11,18H2,(H,20,21). The first-order valence-corrected chi connectivity index (χ1v) is 7.04. The zero-order chi connectivity index (χ0) is 14.8. The number of aromatic carboxylic acids is 1. The van der Waals surface area contributed by atoms with Crippen molar-refractivity contribution >= 4 is 11.7 Å². The van der Waals surface area contributed by atoms with Gasteiger partial charge in [-0.3, -0.25) is 4.90 Å². The van der Waals surface area contributed by atoms with Gasteiger partial charge in [-0.1, -0.05) is 24.3 Å². The molecule has 0 aromatic heterocycles. The Balaban J connectivity index is 1.72. The van der Waals surface area contributed by atoms with E-state index >= 15 is 0 Å². The van der Waals surface area contributed by atoms with Crippen molar-refractivity contribution in [3.63, 3.8) is 0 Å². The maximum absolute atomic E-state index is 10.9. The first-order valence-electron chi connectivity index (χ1n) is 7.04. The number of benzene rings is 2. The fourth-order valence-electron chi connectivity index (χ4n) is 2.81. The fraction of sp³-hybridized carbons (Fsp3) is 0.235. The van der Waals surface area contributed by atoms with Crippen LogP contribution in [0.2, 0.25) is 0 Å². The Bertz CT molecular complexity index is 665. The van der Waals surface area contributed by atoms with Crippen LogP contribution in [0.15, 0.2) is 42.5 Å². The molecule has 0 fully saturated rings. The van der Waals surface area contributed by atoms with Crippen LogP contribution in [0.25, 0.3) is 0 Å². The van der Waals surface area contributed by atoms with Crippen LogP contribution in [0.3, 0.4) is 0 Å². The van der Waals surface area contributed by atoms with Crippen molar-refractivity contribution in [2.45, 2.75) is 19.5 Å². The molecule has 0 radical (unpaired) electrons. The molecule has 0 aliphatic carbocycles. The topological polar surface area (TPSA) is 66.6 Å². The van der Waals surface area contributed by atoms with Crippen LogP contribution in [-0.4, -0.2) is 22.5 Å². The van der Waals surface area contributed by atoms with E-state index in [4.69, 9.17) is 10.8 Å². The SMILES string of the molecule is Nc1cccc2c1CN(Cc1ccc(C(=O)O)cc1)CC2. The number of nitrogens with zero attached hydrogens (tertiary/aromatic N) is 1. The summed E-state index contributed by atoms with van der Waals surface area (Å²) in [7, 11) is 0. The Morgan fingerprint density at radius 2 is 1.95 bits per heavy atom. The summed E-state index contributed by atoms with van der Waals surface area (Å²) in [5, 5.41) is 8.91. The van der Waals surface area contributed by atoms with Gasteiger partial charge in [0.1, 0.15) is 0 Å². The van der Waals surface area contributed by atoms with Crippen LogP contribution >= 0.6 is 0 Å². The highest BCUT2D eigenvalue weighted by Gasteiger charge is 2.18. The summed E-state index contributed by atoms with van der Waals surface area (Å²) in [6.07, 6.45) is 1.01. The molecule has 0 atom stereocenters. The Kier molecular flexibility index (Phi) is 3.62. The van der Waals surface area contributed by atoms with Crippen molar-refractivity contribution in [2.24, 2.45) is 0 Å². The first-order chi connectivity index (χ1) is 10.1. The van der Waals surface area contributed by atoms with Gasteiger partial charge in [0.25, 0.3) is 0 Å². The number of carbonyl (C=O) groups is 1. The van der Waals surface area contributed by atoms with Crippen LogP contribution < -0.4 is 5.73 Å². The second kappa shape index (κ2) is 5.58. The van der Waals surface area contributed by atoms with Crippen molar-refractivity contribution in [1.29, 1.82) is 0 Å². The van der Waals surface area contributed by atoms with E-state index in [1.165, 1.54) is 11.1 Å². The zero-order valence-corrected chi connectivity index (χ0v) is 11.7. The van der Waals surface area contributed by atoms with E-state index in [2.05, 4.69) is 11.0 Å². The molecule has 0 saturated carbocycles. The van der Waals surface area contributed by atoms with E-state index in [1.807, 2.05) is 24.3 Å². The van der Waals surface area contributed by atoms with Crippen LogP contribution in [0.5, 0.6) is 0 Å². The van der Waals surface area contributed by atoms with Gasteiger partial charge in [-0.05, 0) is 41.3 Å². The minimum absolute atomic E-state index is 0.326. The molecule has 4 nitrogen and oxygen atoms in total. The molecule has 1 heterocycles. The molecular weight excluding hydrogens is 264 g/mol. The Hall–Kier alpha value is -2.33. The smallest absolute Gasteiger partial charge is 0.335 e. The fourth-order valence-corrected chi connectivity index (χ4v) is 2.81. The van der Waals surface area contributed by atoms with Gasteiger partial charge in [0.05, 0.1) is 5.56 Å². The second-order valence-corrected chi connectivity index (χ2v) is 5.45. The third-order valence-corrected chi connectivity index (χ3v) is 4.00. The van der Waals surface area contributed by atoms with E-state index in [0.717, 1.165) is 37.3 Å². The van der Waals surface area contributed by atoms with Gasteiger partial charge in [0.15, 0.2) is 0 Å². The van der Waals surface area contributed by atoms with E-state index in [9.17, 15) is 4.79 Å². The molecular formula is C17H18N2O2. The second-order valence-electron chi connectivity index (χ2n) is 5.45. The van der Waals surface area contributed by atoms with Crippen LogP contribution in [-0.2, 0) is 19.5 Å². The van der Waals surface area contributed by atoms with Gasteiger partial charge >= 0.3 is 5.97 Å². The van der Waals surface area contributed by atoms with Gasteiger partial charge in [-0.25, -0.2) is 4.79 Å². The number of anilines is 1. The monoisotopic (exact) mass is 282 g/mol. The van der Waals surface area contributed by atoms with Gasteiger partial charge in [0.2, 0.25) is 0 Å². The largest absolute Gasteiger partial charge is 0.478 e. The van der Waals surface area contributed by atoms with E-state index in [1.54, 1.807) is 12.1 Å². The minimum atomic E-state index is -0.888. The molecule has 2 aromatic carbocycles. The minimum Gasteiger partial charge on any atom is -0.478 e. The van der Waals surface area contributed by atoms with Crippen molar-refractivity contribution in [1.82, 2.24) is 4.90 Å². The average molecular weight is 282 g/mol. The van der Waals surface area contributed by atoms with Crippen molar-refractivity contribution in [3.05, 3.63) is 64.7 Å². The van der Waals surface area contributed by atoms with Gasteiger partial charge < -0.3 is 10.8 Å². The first kappa shape index (κ1) is 13.6. The highest BCUT2D eigenvalue weighted by molar-refractivity contribution is 5.87. The Labute approximate surface area is 123 Å². The maximum Gasteiger partial charge on any atom is 0.335 e. The van der Waals surface area contributed by atoms with E-state index < -0.39 is 5.97 Å². The summed E-state index contributed by atoms with van der Waals surface area (Å²) in [6, 6.07) is 13.2. The van der Waals surface area contributed by atoms with E-state index in [-0.39, 0.29) is 0 Å². The average Bonchev–Trinajstić information content (AvgIpc) is 2.49. The molecule has 3 N–H and O–H groups in total.